The minimum Gasteiger partial charge on any atom is -0.506 e. The van der Waals surface area contributed by atoms with E-state index in [-0.39, 0.29) is 35.3 Å². The number of carbonyl (C=O) groups excluding carboxylic acids is 2. The highest BCUT2D eigenvalue weighted by Gasteiger charge is 2.16. The first-order valence-corrected chi connectivity index (χ1v) is 6.99. The van der Waals surface area contributed by atoms with Crippen LogP contribution in [-0.4, -0.2) is 35.9 Å². The maximum absolute atomic E-state index is 12.1. The van der Waals surface area contributed by atoms with Gasteiger partial charge in [-0.05, 0) is 0 Å². The quantitative estimate of drug-likeness (QED) is 0.555. The van der Waals surface area contributed by atoms with Crippen LogP contribution in [0.3, 0.4) is 0 Å². The zero-order valence-electron chi connectivity index (χ0n) is 13.6. The van der Waals surface area contributed by atoms with Gasteiger partial charge in [-0.1, -0.05) is 0 Å². The van der Waals surface area contributed by atoms with E-state index in [1.807, 2.05) is 17.8 Å². The van der Waals surface area contributed by atoms with Crippen molar-refractivity contribution >= 4 is 23.4 Å². The maximum atomic E-state index is 12.1. The number of methoxy groups -OCH3 is 2. The van der Waals surface area contributed by atoms with Crippen molar-refractivity contribution in [3.8, 4) is 11.5 Å². The molecule has 24 heavy (non-hydrogen) atoms. The Morgan fingerprint density at radius 1 is 1.25 bits per heavy atom. The lowest BCUT2D eigenvalue weighted by Gasteiger charge is -2.13. The van der Waals surface area contributed by atoms with E-state index < -0.39 is 6.09 Å². The van der Waals surface area contributed by atoms with E-state index in [9.17, 15) is 14.7 Å². The Hall–Kier alpha value is -3.23. The number of aryl methyl sites for hydroxylation is 1. The number of amides is 2. The molecule has 0 saturated carbocycles. The number of rotatable bonds is 5. The molecular formula is C15H19N4O5+. The fourth-order valence-electron chi connectivity index (χ4n) is 2.05. The summed E-state index contributed by atoms with van der Waals surface area (Å²) in [6, 6.07) is 2.68. The van der Waals surface area contributed by atoms with Crippen LogP contribution in [0.5, 0.6) is 11.5 Å². The Morgan fingerprint density at radius 3 is 2.58 bits per heavy atom. The Labute approximate surface area is 138 Å². The average Bonchev–Trinajstić information content (AvgIpc) is 2.94. The number of hydrogen-bond donors (Lipinski definition) is 3. The summed E-state index contributed by atoms with van der Waals surface area (Å²) in [5, 5.41) is 15.0. The molecule has 1 heterocycles. The number of nitrogens with zero attached hydrogens (tertiary/aromatic N) is 2. The number of hydrogen-bond acceptors (Lipinski definition) is 5. The molecule has 0 atom stereocenters. The fourth-order valence-corrected chi connectivity index (χ4v) is 2.05. The molecule has 0 fully saturated rings. The Kier molecular flexibility index (Phi) is 5.25. The summed E-state index contributed by atoms with van der Waals surface area (Å²) >= 11 is 0. The number of phenols is 1. The van der Waals surface area contributed by atoms with E-state index in [1.165, 1.54) is 26.4 Å². The smallest absolute Gasteiger partial charge is 0.411 e. The molecule has 1 aromatic heterocycles. The fraction of sp³-hybridized carbons (Fsp3) is 0.267. The normalized spacial score (nSPS) is 10.1. The standard InChI is InChI=1S/C15H18N4O5/c1-18-4-5-19(9-18)8-14(21)16-11-6-12(20)10(7-13(11)23-2)17-15(22)24-3/h4-7,9H,8H2,1-3H3,(H2-,16,17,20,21,22)/p+1. The van der Waals surface area contributed by atoms with Gasteiger partial charge in [0.1, 0.15) is 23.9 Å². The maximum Gasteiger partial charge on any atom is 0.411 e. The molecule has 0 saturated heterocycles. The highest BCUT2D eigenvalue weighted by Crippen LogP contribution is 2.35. The Balaban J connectivity index is 2.15. The molecule has 0 unspecified atom stereocenters. The SMILES string of the molecule is COC(=O)Nc1cc(OC)c(NC(=O)Cn2cc[n+](C)c2)cc1O. The first-order chi connectivity index (χ1) is 11.4. The minimum atomic E-state index is -0.732. The summed E-state index contributed by atoms with van der Waals surface area (Å²) in [5.41, 5.74) is 0.390. The second-order valence-corrected chi connectivity index (χ2v) is 4.99. The van der Waals surface area contributed by atoms with E-state index in [2.05, 4.69) is 15.4 Å². The monoisotopic (exact) mass is 335 g/mol. The van der Waals surface area contributed by atoms with Gasteiger partial charge in [0, 0.05) is 12.1 Å². The predicted molar refractivity (Wildman–Crippen MR) is 84.9 cm³/mol. The van der Waals surface area contributed by atoms with Crippen LogP contribution in [-0.2, 0) is 23.1 Å². The molecule has 9 heteroatoms. The largest absolute Gasteiger partial charge is 0.506 e. The predicted octanol–water partition coefficient (Wildman–Crippen LogP) is 0.844. The van der Waals surface area contributed by atoms with E-state index in [0.717, 1.165) is 0 Å². The third-order valence-electron chi connectivity index (χ3n) is 3.16. The van der Waals surface area contributed by atoms with Gasteiger partial charge >= 0.3 is 6.09 Å². The minimum absolute atomic E-state index is 0.104. The zero-order valence-corrected chi connectivity index (χ0v) is 13.6. The highest BCUT2D eigenvalue weighted by atomic mass is 16.5. The van der Waals surface area contributed by atoms with Crippen LogP contribution in [0.25, 0.3) is 0 Å². The van der Waals surface area contributed by atoms with Gasteiger partial charge in [-0.3, -0.25) is 10.1 Å². The number of nitrogens with one attached hydrogen (secondary N) is 2. The lowest BCUT2D eigenvalue weighted by molar-refractivity contribution is -0.671. The summed E-state index contributed by atoms with van der Waals surface area (Å²) in [7, 11) is 4.47. The van der Waals surface area contributed by atoms with Crippen LogP contribution in [0.4, 0.5) is 16.2 Å². The van der Waals surface area contributed by atoms with Crippen molar-refractivity contribution in [1.82, 2.24) is 4.57 Å². The third-order valence-corrected chi connectivity index (χ3v) is 3.16. The van der Waals surface area contributed by atoms with Gasteiger partial charge in [-0.15, -0.1) is 0 Å². The lowest BCUT2D eigenvalue weighted by atomic mass is 10.2. The van der Waals surface area contributed by atoms with Crippen molar-refractivity contribution in [2.75, 3.05) is 24.9 Å². The first kappa shape index (κ1) is 17.1. The molecule has 2 amide bonds. The number of ether oxygens (including phenoxy) is 2. The van der Waals surface area contributed by atoms with E-state index in [1.54, 1.807) is 17.1 Å². The van der Waals surface area contributed by atoms with E-state index in [0.29, 0.717) is 0 Å². The summed E-state index contributed by atoms with van der Waals surface area (Å²) in [5.74, 6) is -0.243. The average molecular weight is 335 g/mol. The van der Waals surface area contributed by atoms with Crippen molar-refractivity contribution in [3.63, 3.8) is 0 Å². The molecule has 0 aliphatic heterocycles. The molecule has 2 aromatic rings. The second-order valence-electron chi connectivity index (χ2n) is 4.99. The first-order valence-electron chi connectivity index (χ1n) is 6.99. The molecule has 2 rings (SSSR count). The van der Waals surface area contributed by atoms with Crippen LogP contribution in [0, 0.1) is 0 Å². The van der Waals surface area contributed by atoms with Gasteiger partial charge in [0.15, 0.2) is 6.54 Å². The van der Waals surface area contributed by atoms with Gasteiger partial charge in [0.05, 0.1) is 32.6 Å². The number of anilines is 2. The van der Waals surface area contributed by atoms with Gasteiger partial charge in [-0.25, -0.2) is 13.9 Å². The summed E-state index contributed by atoms with van der Waals surface area (Å²) in [6.07, 6.45) is 4.60. The lowest BCUT2D eigenvalue weighted by Crippen LogP contribution is -2.25. The van der Waals surface area contributed by atoms with Gasteiger partial charge in [0.25, 0.3) is 5.91 Å². The van der Waals surface area contributed by atoms with Gasteiger partial charge < -0.3 is 19.9 Å². The van der Waals surface area contributed by atoms with Crippen molar-refractivity contribution in [3.05, 3.63) is 30.9 Å². The van der Waals surface area contributed by atoms with E-state index >= 15 is 0 Å². The Bertz CT molecular complexity index is 756. The number of carbonyl (C=O) groups is 2. The molecule has 1 aromatic carbocycles. The molecule has 0 radical (unpaired) electrons. The van der Waals surface area contributed by atoms with E-state index in [4.69, 9.17) is 4.74 Å². The van der Waals surface area contributed by atoms with Crippen LogP contribution in [0.1, 0.15) is 0 Å². The van der Waals surface area contributed by atoms with Crippen molar-refractivity contribution in [2.45, 2.75) is 6.54 Å². The summed E-state index contributed by atoms with van der Waals surface area (Å²) in [4.78, 5) is 23.4. The van der Waals surface area contributed by atoms with Crippen LogP contribution >= 0.6 is 0 Å². The molecule has 0 aliphatic rings. The zero-order chi connectivity index (χ0) is 17.7. The Morgan fingerprint density at radius 2 is 2.00 bits per heavy atom. The molecule has 0 aliphatic carbocycles. The van der Waals surface area contributed by atoms with Gasteiger partial charge in [0.2, 0.25) is 6.33 Å². The number of benzene rings is 1. The number of aromatic hydroxyl groups is 1. The molecular weight excluding hydrogens is 316 g/mol. The molecule has 3 N–H and O–H groups in total. The third kappa shape index (κ3) is 4.15. The molecule has 0 bridgehead atoms. The summed E-state index contributed by atoms with van der Waals surface area (Å²) in [6.45, 7) is 0.104. The molecule has 0 spiro atoms. The second kappa shape index (κ2) is 7.36. The topological polar surface area (TPSA) is 106 Å². The van der Waals surface area contributed by atoms with Crippen LogP contribution in [0.15, 0.2) is 30.9 Å². The molecule has 9 nitrogen and oxygen atoms in total. The van der Waals surface area contributed by atoms with Gasteiger partial charge in [-0.2, -0.15) is 0 Å². The molecule has 128 valence electrons. The van der Waals surface area contributed by atoms with Crippen LogP contribution in [0.2, 0.25) is 0 Å². The summed E-state index contributed by atoms with van der Waals surface area (Å²) < 4.78 is 13.2. The number of phenolic OH excluding ortho intramolecular Hbond substituents is 1. The number of imidazole rings is 1. The van der Waals surface area contributed by atoms with Crippen molar-refractivity contribution in [1.29, 1.82) is 0 Å². The highest BCUT2D eigenvalue weighted by molar-refractivity contribution is 5.94. The van der Waals surface area contributed by atoms with Crippen LogP contribution < -0.4 is 19.9 Å². The number of aromatic nitrogens is 2. The van der Waals surface area contributed by atoms with Crippen molar-refractivity contribution < 1.29 is 28.7 Å². The van der Waals surface area contributed by atoms with Crippen molar-refractivity contribution in [2.24, 2.45) is 7.05 Å².